The summed E-state index contributed by atoms with van der Waals surface area (Å²) in [6.45, 7) is 27.3. The fourth-order valence-corrected chi connectivity index (χ4v) is 15.3. The lowest BCUT2D eigenvalue weighted by Gasteiger charge is -2.73. The lowest BCUT2D eigenvalue weighted by Crippen LogP contribution is -2.67. The van der Waals surface area contributed by atoms with Crippen LogP contribution in [0, 0.1) is 67.5 Å². The number of carboxylic acids is 1. The SMILES string of the molecule is CN1CCN(CCCNCC[C@]23CCC(C4(C)CC4)[C@@H]2[C@H]2CC[C@@H]4[C@@]5(C)CC[C@H](OC(=O)CC(C)(C)C(=O)O)C(C)(C)[C@@H]5CC[C@@]4(C)[C@]2(C)CC3)CC1. The van der Waals surface area contributed by atoms with Crippen LogP contribution in [0.2, 0.25) is 0 Å². The van der Waals surface area contributed by atoms with Gasteiger partial charge in [-0.1, -0.05) is 41.5 Å². The molecule has 0 aromatic carbocycles. The summed E-state index contributed by atoms with van der Waals surface area (Å²) in [6, 6.07) is 0. The molecular formula is C46H79N3O4. The maximum atomic E-state index is 13.1. The summed E-state index contributed by atoms with van der Waals surface area (Å²) in [4.78, 5) is 30.0. The Bertz CT molecular complexity index is 1370. The maximum absolute atomic E-state index is 13.1. The highest BCUT2D eigenvalue weighted by Gasteiger charge is 2.72. The molecule has 7 fully saturated rings. The van der Waals surface area contributed by atoms with E-state index in [1.165, 1.54) is 116 Å². The number of ether oxygens (including phenoxy) is 1. The Morgan fingerprint density at radius 2 is 1.49 bits per heavy atom. The molecule has 1 aliphatic heterocycles. The van der Waals surface area contributed by atoms with Crippen LogP contribution >= 0.6 is 0 Å². The van der Waals surface area contributed by atoms with Crippen LogP contribution in [-0.2, 0) is 14.3 Å². The molecule has 1 heterocycles. The lowest BCUT2D eigenvalue weighted by atomic mass is 9.32. The zero-order valence-corrected chi connectivity index (χ0v) is 35.6. The number of esters is 1. The highest BCUT2D eigenvalue weighted by atomic mass is 16.5. The van der Waals surface area contributed by atoms with Crippen LogP contribution in [0.25, 0.3) is 0 Å². The van der Waals surface area contributed by atoms with Crippen molar-refractivity contribution in [1.82, 2.24) is 15.1 Å². The minimum atomic E-state index is -1.11. The topological polar surface area (TPSA) is 82.1 Å². The van der Waals surface area contributed by atoms with Gasteiger partial charge in [0.25, 0.3) is 0 Å². The van der Waals surface area contributed by atoms with E-state index in [0.29, 0.717) is 33.5 Å². The molecule has 0 aromatic heterocycles. The van der Waals surface area contributed by atoms with Gasteiger partial charge in [0.1, 0.15) is 6.10 Å². The molecule has 6 saturated carbocycles. The standard InChI is InChI=1S/C46H79N3O4/c1-40(2,39(51)52)31-37(50)53-36-15-16-43(6)34(41(36,3)4)14-17-45(8)35(43)12-11-33-38-32(42(5)19-20-42)13-18-46(38,22-21-44(33,45)7)23-25-47-24-10-26-49-29-27-48(9)28-30-49/h32-36,38,47H,10-31H2,1-9H3,(H,51,52)/t32?,33-,34+,35-,36+,38-,43+,44-,45-,46-/m1/s1. The molecule has 1 saturated heterocycles. The van der Waals surface area contributed by atoms with Crippen LogP contribution in [0.5, 0.6) is 0 Å². The normalized spacial score (nSPS) is 43.6. The molecule has 0 aromatic rings. The number of nitrogens with zero attached hydrogens (tertiary/aromatic N) is 2. The minimum Gasteiger partial charge on any atom is -0.481 e. The Balaban J connectivity index is 1.04. The van der Waals surface area contributed by atoms with Crippen molar-refractivity contribution >= 4 is 11.9 Å². The summed E-state index contributed by atoms with van der Waals surface area (Å²) in [5.74, 6) is 2.53. The van der Waals surface area contributed by atoms with Gasteiger partial charge in [-0.25, -0.2) is 0 Å². The lowest BCUT2D eigenvalue weighted by molar-refractivity contribution is -0.252. The zero-order valence-electron chi connectivity index (χ0n) is 35.6. The number of piperazine rings is 1. The van der Waals surface area contributed by atoms with Crippen LogP contribution in [0.15, 0.2) is 0 Å². The largest absolute Gasteiger partial charge is 0.481 e. The third-order valence-corrected chi connectivity index (χ3v) is 19.1. The predicted octanol–water partition coefficient (Wildman–Crippen LogP) is 8.90. The van der Waals surface area contributed by atoms with Crippen LogP contribution in [0.4, 0.5) is 0 Å². The number of rotatable bonds is 12. The van der Waals surface area contributed by atoms with E-state index in [1.807, 2.05) is 0 Å². The van der Waals surface area contributed by atoms with Gasteiger partial charge in [-0.05, 0) is 187 Å². The van der Waals surface area contributed by atoms with Crippen LogP contribution < -0.4 is 5.32 Å². The van der Waals surface area contributed by atoms with Crippen molar-refractivity contribution in [2.75, 3.05) is 52.9 Å². The number of hydrogen-bond donors (Lipinski definition) is 2. The summed E-state index contributed by atoms with van der Waals surface area (Å²) < 4.78 is 6.24. The fourth-order valence-electron chi connectivity index (χ4n) is 15.3. The van der Waals surface area contributed by atoms with Gasteiger partial charge in [-0.15, -0.1) is 0 Å². The smallest absolute Gasteiger partial charge is 0.309 e. The number of carbonyl (C=O) groups is 2. The monoisotopic (exact) mass is 738 g/mol. The Hall–Kier alpha value is -1.18. The molecule has 7 heteroatoms. The molecule has 0 amide bonds. The van der Waals surface area contributed by atoms with Crippen LogP contribution in [-0.4, -0.2) is 85.8 Å². The van der Waals surface area contributed by atoms with Crippen molar-refractivity contribution in [1.29, 1.82) is 0 Å². The molecule has 10 atom stereocenters. The van der Waals surface area contributed by atoms with Crippen molar-refractivity contribution < 1.29 is 19.4 Å². The first-order valence-electron chi connectivity index (χ1n) is 22.4. The second-order valence-corrected chi connectivity index (χ2v) is 22.6. The fraction of sp³-hybridized carbons (Fsp3) is 0.957. The summed E-state index contributed by atoms with van der Waals surface area (Å²) >= 11 is 0. The number of hydrogen-bond acceptors (Lipinski definition) is 6. The van der Waals surface area contributed by atoms with E-state index >= 15 is 0 Å². The van der Waals surface area contributed by atoms with E-state index in [2.05, 4.69) is 63.7 Å². The van der Waals surface area contributed by atoms with E-state index in [4.69, 9.17) is 4.74 Å². The third-order valence-electron chi connectivity index (χ3n) is 19.1. The number of fused-ring (bicyclic) bond motifs is 7. The molecule has 0 spiro atoms. The molecule has 6 aliphatic carbocycles. The number of aliphatic carboxylic acids is 1. The molecular weight excluding hydrogens is 659 g/mol. The molecule has 1 unspecified atom stereocenters. The first kappa shape index (κ1) is 40.0. The Kier molecular flexibility index (Phi) is 10.6. The van der Waals surface area contributed by atoms with Crippen molar-refractivity contribution in [3.63, 3.8) is 0 Å². The molecule has 53 heavy (non-hydrogen) atoms. The molecule has 2 N–H and O–H groups in total. The van der Waals surface area contributed by atoms with Crippen molar-refractivity contribution in [2.45, 2.75) is 158 Å². The second kappa shape index (κ2) is 14.0. The van der Waals surface area contributed by atoms with E-state index in [0.717, 1.165) is 37.1 Å². The summed E-state index contributed by atoms with van der Waals surface area (Å²) in [5, 5.41) is 13.6. The first-order valence-corrected chi connectivity index (χ1v) is 22.4. The first-order chi connectivity index (χ1) is 24.8. The highest BCUT2D eigenvalue weighted by Crippen LogP contribution is 2.79. The van der Waals surface area contributed by atoms with Crippen molar-refractivity contribution in [2.24, 2.45) is 67.5 Å². The molecule has 0 radical (unpaired) electrons. The van der Waals surface area contributed by atoms with Crippen molar-refractivity contribution in [3.05, 3.63) is 0 Å². The van der Waals surface area contributed by atoms with Gasteiger partial charge in [0.15, 0.2) is 0 Å². The second-order valence-electron chi connectivity index (χ2n) is 22.6. The van der Waals surface area contributed by atoms with Gasteiger partial charge in [-0.3, -0.25) is 9.59 Å². The van der Waals surface area contributed by atoms with E-state index in [9.17, 15) is 14.7 Å². The number of likely N-dealkylation sites (N-methyl/N-ethyl adjacent to an activating group) is 1. The third kappa shape index (κ3) is 6.76. The Morgan fingerprint density at radius 1 is 0.774 bits per heavy atom. The summed E-state index contributed by atoms with van der Waals surface area (Å²) in [5.41, 5.74) is 0.795. The number of carbonyl (C=O) groups excluding carboxylic acids is 1. The summed E-state index contributed by atoms with van der Waals surface area (Å²) in [7, 11) is 2.25. The van der Waals surface area contributed by atoms with Gasteiger partial charge in [-0.2, -0.15) is 0 Å². The zero-order chi connectivity index (χ0) is 38.2. The minimum absolute atomic E-state index is 0.0764. The van der Waals surface area contributed by atoms with Gasteiger partial charge in [0.05, 0.1) is 11.8 Å². The van der Waals surface area contributed by atoms with Gasteiger partial charge in [0, 0.05) is 31.6 Å². The predicted molar refractivity (Wildman–Crippen MR) is 213 cm³/mol. The molecule has 7 rings (SSSR count). The number of nitrogens with one attached hydrogen (secondary N) is 1. The summed E-state index contributed by atoms with van der Waals surface area (Å²) in [6.07, 6.45) is 18.3. The maximum Gasteiger partial charge on any atom is 0.309 e. The van der Waals surface area contributed by atoms with Gasteiger partial charge < -0.3 is 25.0 Å². The van der Waals surface area contributed by atoms with Crippen LogP contribution in [0.3, 0.4) is 0 Å². The molecule has 302 valence electrons. The average molecular weight is 738 g/mol. The van der Waals surface area contributed by atoms with E-state index in [-0.39, 0.29) is 29.3 Å². The highest BCUT2D eigenvalue weighted by molar-refractivity contribution is 5.81. The van der Waals surface area contributed by atoms with Crippen molar-refractivity contribution in [3.8, 4) is 0 Å². The quantitative estimate of drug-likeness (QED) is 0.153. The average Bonchev–Trinajstić information content (AvgIpc) is 3.71. The Morgan fingerprint density at radius 3 is 2.17 bits per heavy atom. The molecule has 0 bridgehead atoms. The Labute approximate surface area is 323 Å². The van der Waals surface area contributed by atoms with Gasteiger partial charge in [0.2, 0.25) is 0 Å². The van der Waals surface area contributed by atoms with Crippen LogP contribution in [0.1, 0.15) is 152 Å². The molecule has 7 aliphatic rings. The van der Waals surface area contributed by atoms with E-state index < -0.39 is 11.4 Å². The number of carboxylic acid groups (broad SMARTS) is 1. The molecule has 7 nitrogen and oxygen atoms in total. The van der Waals surface area contributed by atoms with Gasteiger partial charge >= 0.3 is 11.9 Å². The van der Waals surface area contributed by atoms with E-state index in [1.54, 1.807) is 13.8 Å².